The highest BCUT2D eigenvalue weighted by Gasteiger charge is 2.21. The molecule has 0 N–H and O–H groups in total. The van der Waals surface area contributed by atoms with Gasteiger partial charge < -0.3 is 4.57 Å². The molecule has 0 fully saturated rings. The first-order chi connectivity index (χ1) is 33.2. The van der Waals surface area contributed by atoms with Crippen LogP contribution in [-0.2, 0) is 0 Å². The summed E-state index contributed by atoms with van der Waals surface area (Å²) in [5.41, 5.74) is 9.39. The van der Waals surface area contributed by atoms with Gasteiger partial charge in [0.05, 0.1) is 24.9 Å². The second-order valence-corrected chi connectivity index (χ2v) is 16.2. The lowest BCUT2D eigenvalue weighted by Gasteiger charge is -2.17. The summed E-state index contributed by atoms with van der Waals surface area (Å²) in [6.07, 6.45) is 0. The molecule has 62 heavy (non-hydrogen) atoms. The lowest BCUT2D eigenvalue weighted by Crippen LogP contribution is -2.02. The van der Waals surface area contributed by atoms with Gasteiger partial charge in [-0.3, -0.25) is 0 Å². The molecule has 290 valence electrons. The number of aromatic nitrogens is 4. The van der Waals surface area contributed by atoms with Crippen LogP contribution in [0.3, 0.4) is 0 Å². The predicted octanol–water partition coefficient (Wildman–Crippen LogP) is 15.3. The maximum Gasteiger partial charge on any atom is 0.164 e. The lowest BCUT2D eigenvalue weighted by atomic mass is 9.98. The number of para-hydroxylation sites is 2. The van der Waals surface area contributed by atoms with Crippen molar-refractivity contribution in [1.29, 1.82) is 0 Å². The number of fused-ring (bicyclic) bond motifs is 6. The van der Waals surface area contributed by atoms with Gasteiger partial charge in [-0.05, 0) is 64.7 Å². The minimum absolute atomic E-state index is 0.0274. The highest BCUT2D eigenvalue weighted by atomic mass is 32.1. The molecule has 0 spiro atoms. The fourth-order valence-corrected chi connectivity index (χ4v) is 9.70. The summed E-state index contributed by atoms with van der Waals surface area (Å²) in [4.78, 5) is 15.5. The average Bonchev–Trinajstić information content (AvgIpc) is 3.96. The fourth-order valence-electron chi connectivity index (χ4n) is 8.47. The van der Waals surface area contributed by atoms with Crippen molar-refractivity contribution in [2.75, 3.05) is 0 Å². The molecule has 9 aromatic carbocycles. The van der Waals surface area contributed by atoms with E-state index in [4.69, 9.17) is 20.4 Å². The van der Waals surface area contributed by atoms with E-state index in [0.717, 1.165) is 64.7 Å². The third kappa shape index (κ3) is 6.18. The van der Waals surface area contributed by atoms with Crippen molar-refractivity contribution >= 4 is 53.3 Å². The molecule has 0 unspecified atom stereocenters. The average molecular weight is 815 g/mol. The van der Waals surface area contributed by atoms with Gasteiger partial charge in [-0.1, -0.05) is 176 Å². The normalized spacial score (nSPS) is 12.9. The topological polar surface area (TPSA) is 43.6 Å². The van der Waals surface area contributed by atoms with Crippen LogP contribution in [0.25, 0.3) is 115 Å². The van der Waals surface area contributed by atoms with Crippen LogP contribution in [0.15, 0.2) is 218 Å². The first kappa shape index (κ1) is 30.1. The van der Waals surface area contributed by atoms with E-state index in [1.807, 2.05) is 97.1 Å². The molecule has 0 amide bonds. The predicted molar refractivity (Wildman–Crippen MR) is 260 cm³/mol. The highest BCUT2D eigenvalue weighted by molar-refractivity contribution is 7.26. The summed E-state index contributed by atoms with van der Waals surface area (Å²) in [6.45, 7) is 0. The van der Waals surface area contributed by atoms with Crippen molar-refractivity contribution in [3.05, 3.63) is 218 Å². The second-order valence-electron chi connectivity index (χ2n) is 15.1. The molecule has 12 rings (SSSR count). The number of hydrogen-bond donors (Lipinski definition) is 0. The zero-order chi connectivity index (χ0) is 46.2. The summed E-state index contributed by atoms with van der Waals surface area (Å²) < 4.78 is 58.0. The highest BCUT2D eigenvalue weighted by Crippen LogP contribution is 2.44. The molecule has 0 bridgehead atoms. The number of hydrogen-bond acceptors (Lipinski definition) is 4. The Labute approximate surface area is 371 Å². The Kier molecular flexibility index (Phi) is 7.25. The summed E-state index contributed by atoms with van der Waals surface area (Å²) >= 11 is 1.68. The summed E-state index contributed by atoms with van der Waals surface area (Å²) in [7, 11) is 0. The van der Waals surface area contributed by atoms with Crippen LogP contribution in [-0.4, -0.2) is 19.5 Å². The van der Waals surface area contributed by atoms with Crippen LogP contribution in [0.2, 0.25) is 0 Å². The molecule has 0 radical (unpaired) electrons. The lowest BCUT2D eigenvalue weighted by molar-refractivity contribution is 1.07. The Bertz CT molecular complexity index is 3910. The van der Waals surface area contributed by atoms with Crippen LogP contribution in [0.4, 0.5) is 0 Å². The molecular formula is C57H36N4S. The van der Waals surface area contributed by atoms with E-state index in [9.17, 15) is 2.74 Å². The van der Waals surface area contributed by atoms with Gasteiger partial charge in [0, 0.05) is 58.8 Å². The van der Waals surface area contributed by atoms with Crippen LogP contribution in [0.5, 0.6) is 0 Å². The molecule has 0 saturated carbocycles. The van der Waals surface area contributed by atoms with Crippen LogP contribution in [0, 0.1) is 0 Å². The number of rotatable bonds is 7. The molecule has 0 aliphatic heterocycles. The second kappa shape index (κ2) is 14.9. The maximum atomic E-state index is 9.30. The van der Waals surface area contributed by atoms with Gasteiger partial charge in [0.25, 0.3) is 0 Å². The van der Waals surface area contributed by atoms with Crippen LogP contribution in [0.1, 0.15) is 8.22 Å². The Hall–Kier alpha value is -7.99. The molecule has 0 atom stereocenters. The SMILES string of the molecule is [2H]c1cc([2H])c2c(c1[2H])c1c([2H])c([2H])cc([2H])c1n2-c1ccc(-c2nc(-c3ccc(-c4ccccc4)cc3)nc(-c3cccc(-c4ccccc4)c3)n2)cc1-c1cccc2c1sc1ccccc12. The van der Waals surface area contributed by atoms with E-state index in [1.165, 1.54) is 12.1 Å². The van der Waals surface area contributed by atoms with Crippen LogP contribution >= 0.6 is 11.3 Å². The van der Waals surface area contributed by atoms with Crippen molar-refractivity contribution in [2.45, 2.75) is 0 Å². The molecule has 4 nitrogen and oxygen atoms in total. The molecular weight excluding hydrogens is 773 g/mol. The smallest absolute Gasteiger partial charge is 0.164 e. The Morgan fingerprint density at radius 1 is 0.371 bits per heavy atom. The molecule has 0 saturated heterocycles. The van der Waals surface area contributed by atoms with Crippen molar-refractivity contribution in [1.82, 2.24) is 19.5 Å². The van der Waals surface area contributed by atoms with E-state index >= 15 is 0 Å². The minimum Gasteiger partial charge on any atom is -0.309 e. The van der Waals surface area contributed by atoms with Gasteiger partial charge in [-0.2, -0.15) is 0 Å². The van der Waals surface area contributed by atoms with E-state index in [1.54, 1.807) is 15.9 Å². The first-order valence-corrected chi connectivity index (χ1v) is 21.2. The van der Waals surface area contributed by atoms with E-state index in [2.05, 4.69) is 72.8 Å². The Morgan fingerprint density at radius 2 is 0.887 bits per heavy atom. The van der Waals surface area contributed by atoms with Gasteiger partial charge in [-0.25, -0.2) is 15.0 Å². The van der Waals surface area contributed by atoms with Crippen molar-refractivity contribution in [3.63, 3.8) is 0 Å². The summed E-state index contributed by atoms with van der Waals surface area (Å²) in [6, 6.07) is 59.2. The van der Waals surface area contributed by atoms with Gasteiger partial charge in [-0.15, -0.1) is 11.3 Å². The molecule has 0 aliphatic carbocycles. The standard InChI is InChI=1S/C57H36N4S/c1-3-15-37(16-4-1)39-29-31-40(32-30-39)55-58-56(42-20-13-19-41(35-42)38-17-5-2-6-18-38)60-57(59-55)43-33-34-52(61-50-26-10-7-21-44(50)45-22-8-11-27-51(45)61)49(36-43)48-25-14-24-47-46-23-9-12-28-53(46)62-54(47)48/h1-36H/i7D,8D,21D,22D,26D,27D. The molecule has 5 heteroatoms. The van der Waals surface area contributed by atoms with E-state index in [-0.39, 0.29) is 58.1 Å². The fraction of sp³-hybridized carbons (Fsp3) is 0. The van der Waals surface area contributed by atoms with E-state index < -0.39 is 0 Å². The van der Waals surface area contributed by atoms with Crippen molar-refractivity contribution in [3.8, 4) is 73.2 Å². The third-order valence-corrected chi connectivity index (χ3v) is 12.7. The monoisotopic (exact) mass is 814 g/mol. The Morgan fingerprint density at radius 3 is 1.60 bits per heavy atom. The maximum absolute atomic E-state index is 9.30. The zero-order valence-electron chi connectivity index (χ0n) is 39.0. The van der Waals surface area contributed by atoms with Crippen LogP contribution < -0.4 is 0 Å². The van der Waals surface area contributed by atoms with Crippen molar-refractivity contribution < 1.29 is 8.22 Å². The van der Waals surface area contributed by atoms with Gasteiger partial charge in [0.2, 0.25) is 0 Å². The van der Waals surface area contributed by atoms with Gasteiger partial charge >= 0.3 is 0 Å². The molecule has 3 aromatic heterocycles. The van der Waals surface area contributed by atoms with Crippen molar-refractivity contribution in [2.24, 2.45) is 0 Å². The van der Waals surface area contributed by atoms with Gasteiger partial charge in [0.15, 0.2) is 17.5 Å². The quantitative estimate of drug-likeness (QED) is 0.161. The molecule has 0 aliphatic rings. The molecule has 12 aromatic rings. The third-order valence-electron chi connectivity index (χ3n) is 11.4. The molecule has 3 heterocycles. The van der Waals surface area contributed by atoms with Gasteiger partial charge in [0.1, 0.15) is 0 Å². The minimum atomic E-state index is -0.168. The first-order valence-electron chi connectivity index (χ1n) is 23.3. The summed E-state index contributed by atoms with van der Waals surface area (Å²) in [5.74, 6) is 1.42. The number of nitrogens with zero attached hydrogens (tertiary/aromatic N) is 4. The number of thiophene rings is 1. The summed E-state index contributed by atoms with van der Waals surface area (Å²) in [5, 5.41) is 2.59. The van der Waals surface area contributed by atoms with E-state index in [0.29, 0.717) is 28.7 Å². The zero-order valence-corrected chi connectivity index (χ0v) is 33.8. The largest absolute Gasteiger partial charge is 0.309 e. The number of benzene rings is 9. The Balaban J connectivity index is 1.14.